The molecule has 1 atom stereocenters. The minimum atomic E-state index is -0.828. The van der Waals surface area contributed by atoms with Gasteiger partial charge in [-0.15, -0.1) is 0 Å². The van der Waals surface area contributed by atoms with Crippen LogP contribution in [0.4, 0.5) is 0 Å². The lowest BCUT2D eigenvalue weighted by Crippen LogP contribution is -2.33. The summed E-state index contributed by atoms with van der Waals surface area (Å²) in [5, 5.41) is 10.9. The number of methoxy groups -OCH3 is 1. The van der Waals surface area contributed by atoms with Gasteiger partial charge in [0.05, 0.1) is 25.4 Å². The van der Waals surface area contributed by atoms with E-state index in [9.17, 15) is 14.7 Å². The average molecular weight is 399 g/mol. The maximum absolute atomic E-state index is 12.8. The first-order valence-electron chi connectivity index (χ1n) is 9.44. The van der Waals surface area contributed by atoms with Crippen molar-refractivity contribution in [3.05, 3.63) is 59.1 Å². The number of amides is 1. The van der Waals surface area contributed by atoms with Gasteiger partial charge in [-0.2, -0.15) is 0 Å². The van der Waals surface area contributed by atoms with Crippen molar-refractivity contribution in [3.63, 3.8) is 0 Å². The van der Waals surface area contributed by atoms with Crippen LogP contribution in [0.1, 0.15) is 37.0 Å². The Balaban J connectivity index is 2.07. The molecule has 1 aromatic heterocycles. The van der Waals surface area contributed by atoms with Crippen molar-refractivity contribution in [2.75, 3.05) is 20.3 Å². The summed E-state index contributed by atoms with van der Waals surface area (Å²) in [7, 11) is 1.51. The number of rotatable bonds is 7. The third-order valence-corrected chi connectivity index (χ3v) is 4.70. The largest absolute Gasteiger partial charge is 0.507 e. The van der Waals surface area contributed by atoms with Crippen LogP contribution in [-0.2, 0) is 14.3 Å². The maximum atomic E-state index is 12.8. The summed E-state index contributed by atoms with van der Waals surface area (Å²) in [6, 6.07) is 9.32. The molecule has 1 aliphatic heterocycles. The molecule has 1 amide bonds. The van der Waals surface area contributed by atoms with E-state index in [1.165, 1.54) is 12.0 Å². The summed E-state index contributed by atoms with van der Waals surface area (Å²) in [5.41, 5.74) is 0.371. The second-order valence-electron chi connectivity index (χ2n) is 7.09. The van der Waals surface area contributed by atoms with Gasteiger partial charge < -0.3 is 23.9 Å². The Morgan fingerprint density at radius 2 is 2.00 bits per heavy atom. The van der Waals surface area contributed by atoms with E-state index >= 15 is 0 Å². The van der Waals surface area contributed by atoms with E-state index in [-0.39, 0.29) is 30.6 Å². The number of benzene rings is 1. The number of furan rings is 1. The molecule has 1 N–H and O–H groups in total. The summed E-state index contributed by atoms with van der Waals surface area (Å²) in [6.07, 6.45) is -0.00656. The van der Waals surface area contributed by atoms with E-state index in [2.05, 4.69) is 0 Å². The summed E-state index contributed by atoms with van der Waals surface area (Å²) in [6.45, 7) is 6.02. The Morgan fingerprint density at radius 1 is 1.24 bits per heavy atom. The number of aliphatic hydroxyl groups is 1. The summed E-state index contributed by atoms with van der Waals surface area (Å²) >= 11 is 0. The molecule has 2 aromatic rings. The zero-order valence-electron chi connectivity index (χ0n) is 17.0. The van der Waals surface area contributed by atoms with E-state index in [0.29, 0.717) is 22.8 Å². The van der Waals surface area contributed by atoms with Crippen LogP contribution in [-0.4, -0.2) is 48.1 Å². The molecule has 0 spiro atoms. The normalized spacial score (nSPS) is 18.7. The molecular formula is C22H25NO6. The number of likely N-dealkylation sites (tertiary alicyclic amines) is 1. The van der Waals surface area contributed by atoms with Crippen molar-refractivity contribution in [3.8, 4) is 5.75 Å². The molecule has 1 unspecified atom stereocenters. The first-order valence-corrected chi connectivity index (χ1v) is 9.44. The van der Waals surface area contributed by atoms with E-state index in [1.54, 1.807) is 43.3 Å². The summed E-state index contributed by atoms with van der Waals surface area (Å²) in [5.74, 6) is -0.136. The zero-order valence-corrected chi connectivity index (χ0v) is 17.0. The fourth-order valence-corrected chi connectivity index (χ4v) is 3.32. The predicted molar refractivity (Wildman–Crippen MR) is 107 cm³/mol. The van der Waals surface area contributed by atoms with Gasteiger partial charge in [0.1, 0.15) is 29.1 Å². The van der Waals surface area contributed by atoms with Gasteiger partial charge in [0.25, 0.3) is 11.7 Å². The summed E-state index contributed by atoms with van der Waals surface area (Å²) < 4.78 is 16.5. The maximum Gasteiger partial charge on any atom is 0.295 e. The quantitative estimate of drug-likeness (QED) is 0.436. The van der Waals surface area contributed by atoms with E-state index in [0.717, 1.165) is 0 Å². The van der Waals surface area contributed by atoms with Crippen molar-refractivity contribution in [2.45, 2.75) is 32.9 Å². The van der Waals surface area contributed by atoms with Crippen LogP contribution in [0.3, 0.4) is 0 Å². The number of carbonyl (C=O) groups excluding carboxylic acids is 2. The van der Waals surface area contributed by atoms with Gasteiger partial charge in [0, 0.05) is 12.1 Å². The van der Waals surface area contributed by atoms with Crippen LogP contribution in [0.15, 0.2) is 46.4 Å². The van der Waals surface area contributed by atoms with E-state index in [4.69, 9.17) is 13.9 Å². The van der Waals surface area contributed by atoms with Crippen molar-refractivity contribution in [2.24, 2.45) is 0 Å². The molecule has 1 aliphatic rings. The number of carbonyl (C=O) groups is 2. The molecule has 7 heteroatoms. The Bertz CT molecular complexity index is 942. The monoisotopic (exact) mass is 399 g/mol. The van der Waals surface area contributed by atoms with E-state index < -0.39 is 17.7 Å². The number of ketones is 1. The molecule has 1 aromatic carbocycles. The van der Waals surface area contributed by atoms with Gasteiger partial charge in [-0.05, 0) is 45.0 Å². The fraction of sp³-hybridized carbons (Fsp3) is 0.364. The minimum absolute atomic E-state index is 0.00656. The van der Waals surface area contributed by atoms with E-state index in [1.807, 2.05) is 13.8 Å². The highest BCUT2D eigenvalue weighted by molar-refractivity contribution is 6.46. The fourth-order valence-electron chi connectivity index (χ4n) is 3.32. The van der Waals surface area contributed by atoms with Crippen LogP contribution in [0, 0.1) is 6.92 Å². The molecule has 154 valence electrons. The molecule has 0 radical (unpaired) electrons. The first-order chi connectivity index (χ1) is 13.8. The highest BCUT2D eigenvalue weighted by Crippen LogP contribution is 2.40. The number of aliphatic hydroxyl groups excluding tert-OH is 1. The smallest absolute Gasteiger partial charge is 0.295 e. The topological polar surface area (TPSA) is 89.2 Å². The highest BCUT2D eigenvalue weighted by Gasteiger charge is 2.47. The minimum Gasteiger partial charge on any atom is -0.507 e. The standard InChI is InChI=1S/C22H25NO6/c1-13(2)28-11-10-23-19(17-9-8-14(3)29-17)18(21(25)22(23)26)20(24)15-6-5-7-16(12-15)27-4/h5-9,12-13,19,24H,10-11H2,1-4H3/b20-18-. The van der Waals surface area contributed by atoms with Crippen LogP contribution in [0.25, 0.3) is 5.76 Å². The number of nitrogens with zero attached hydrogens (tertiary/aromatic N) is 1. The van der Waals surface area contributed by atoms with Gasteiger partial charge in [-0.3, -0.25) is 9.59 Å². The molecule has 0 saturated carbocycles. The SMILES string of the molecule is COc1cccc(/C(O)=C2/C(=O)C(=O)N(CCOC(C)C)C2c2ccc(C)o2)c1. The molecule has 1 saturated heterocycles. The highest BCUT2D eigenvalue weighted by atomic mass is 16.5. The van der Waals surface area contributed by atoms with Gasteiger partial charge >= 0.3 is 0 Å². The Kier molecular flexibility index (Phi) is 6.08. The third-order valence-electron chi connectivity index (χ3n) is 4.70. The molecule has 2 heterocycles. The molecule has 0 aliphatic carbocycles. The first kappa shape index (κ1) is 20.7. The number of hydrogen-bond donors (Lipinski definition) is 1. The third kappa shape index (κ3) is 4.19. The van der Waals surface area contributed by atoms with Crippen molar-refractivity contribution in [1.82, 2.24) is 4.90 Å². The van der Waals surface area contributed by atoms with Crippen molar-refractivity contribution >= 4 is 17.4 Å². The number of hydrogen-bond acceptors (Lipinski definition) is 6. The summed E-state index contributed by atoms with van der Waals surface area (Å²) in [4.78, 5) is 27.0. The molecular weight excluding hydrogens is 374 g/mol. The predicted octanol–water partition coefficient (Wildman–Crippen LogP) is 3.44. The molecule has 29 heavy (non-hydrogen) atoms. The number of Topliss-reactive ketones (excluding diaryl/α,β-unsaturated/α-hetero) is 1. The Labute approximate surface area is 169 Å². The Hall–Kier alpha value is -3.06. The van der Waals surface area contributed by atoms with Crippen LogP contribution in [0.5, 0.6) is 5.75 Å². The average Bonchev–Trinajstić information content (AvgIpc) is 3.23. The van der Waals surface area contributed by atoms with Gasteiger partial charge in [0.15, 0.2) is 0 Å². The Morgan fingerprint density at radius 3 is 2.62 bits per heavy atom. The second-order valence-corrected chi connectivity index (χ2v) is 7.09. The number of ether oxygens (including phenoxy) is 2. The lowest BCUT2D eigenvalue weighted by atomic mass is 9.99. The van der Waals surface area contributed by atoms with Gasteiger partial charge in [-0.25, -0.2) is 0 Å². The van der Waals surface area contributed by atoms with Crippen LogP contribution in [0.2, 0.25) is 0 Å². The van der Waals surface area contributed by atoms with Crippen molar-refractivity contribution < 1.29 is 28.6 Å². The molecule has 0 bridgehead atoms. The van der Waals surface area contributed by atoms with Gasteiger partial charge in [0.2, 0.25) is 0 Å². The van der Waals surface area contributed by atoms with Crippen LogP contribution >= 0.6 is 0 Å². The van der Waals surface area contributed by atoms with Crippen molar-refractivity contribution in [1.29, 1.82) is 0 Å². The second kappa shape index (κ2) is 8.53. The van der Waals surface area contributed by atoms with Gasteiger partial charge in [-0.1, -0.05) is 12.1 Å². The lowest BCUT2D eigenvalue weighted by molar-refractivity contribution is -0.140. The lowest BCUT2D eigenvalue weighted by Gasteiger charge is -2.23. The number of aryl methyl sites for hydroxylation is 1. The molecule has 1 fully saturated rings. The zero-order chi connectivity index (χ0) is 21.1. The van der Waals surface area contributed by atoms with Crippen LogP contribution < -0.4 is 4.74 Å². The molecule has 3 rings (SSSR count). The molecule has 7 nitrogen and oxygen atoms in total.